The van der Waals surface area contributed by atoms with Gasteiger partial charge < -0.3 is 15.0 Å². The second-order valence-electron chi connectivity index (χ2n) is 4.51. The molecule has 0 saturated carbocycles. The van der Waals surface area contributed by atoms with Crippen LogP contribution in [0.15, 0.2) is 54.7 Å². The summed E-state index contributed by atoms with van der Waals surface area (Å²) in [5.41, 5.74) is 2.99. The lowest BCUT2D eigenvalue weighted by Crippen LogP contribution is -1.91. The standard InChI is InChI=1S/C16H14ClN3O/c1-21-14-8-6-13(7-9-14)19-12-4-2-11(3-5-12)16-18-10-15(17)20-16/h2-10,19H,1H3,(H,18,20). The first-order valence-corrected chi connectivity index (χ1v) is 6.84. The minimum atomic E-state index is 0.533. The summed E-state index contributed by atoms with van der Waals surface area (Å²) in [5, 5.41) is 3.86. The smallest absolute Gasteiger partial charge is 0.138 e. The van der Waals surface area contributed by atoms with Crippen LogP contribution in [-0.2, 0) is 0 Å². The van der Waals surface area contributed by atoms with Gasteiger partial charge in [-0.05, 0) is 48.5 Å². The zero-order valence-electron chi connectivity index (χ0n) is 11.4. The van der Waals surface area contributed by atoms with E-state index < -0.39 is 0 Å². The molecule has 0 aliphatic heterocycles. The van der Waals surface area contributed by atoms with Gasteiger partial charge in [0.25, 0.3) is 0 Å². The molecule has 0 atom stereocenters. The van der Waals surface area contributed by atoms with Crippen molar-refractivity contribution in [3.63, 3.8) is 0 Å². The lowest BCUT2D eigenvalue weighted by Gasteiger charge is -2.08. The van der Waals surface area contributed by atoms with Crippen molar-refractivity contribution in [2.24, 2.45) is 0 Å². The zero-order valence-corrected chi connectivity index (χ0v) is 12.2. The van der Waals surface area contributed by atoms with Crippen molar-refractivity contribution < 1.29 is 4.74 Å². The van der Waals surface area contributed by atoms with Crippen LogP contribution in [0.5, 0.6) is 5.75 Å². The number of benzene rings is 2. The van der Waals surface area contributed by atoms with E-state index in [4.69, 9.17) is 16.3 Å². The van der Waals surface area contributed by atoms with Crippen LogP contribution in [0.1, 0.15) is 0 Å². The number of nitrogens with zero attached hydrogens (tertiary/aromatic N) is 1. The number of hydrogen-bond acceptors (Lipinski definition) is 3. The fourth-order valence-corrected chi connectivity index (χ4v) is 2.14. The second kappa shape index (κ2) is 5.89. The van der Waals surface area contributed by atoms with Crippen LogP contribution in [0, 0.1) is 0 Å². The summed E-state index contributed by atoms with van der Waals surface area (Å²) in [6.07, 6.45) is 1.60. The van der Waals surface area contributed by atoms with Crippen LogP contribution in [0.3, 0.4) is 0 Å². The summed E-state index contributed by atoms with van der Waals surface area (Å²) >= 11 is 5.83. The van der Waals surface area contributed by atoms with Crippen LogP contribution in [0.25, 0.3) is 11.4 Å². The molecule has 0 unspecified atom stereocenters. The van der Waals surface area contributed by atoms with Crippen molar-refractivity contribution >= 4 is 23.0 Å². The largest absolute Gasteiger partial charge is 0.497 e. The highest BCUT2D eigenvalue weighted by atomic mass is 35.5. The maximum absolute atomic E-state index is 5.83. The van der Waals surface area contributed by atoms with E-state index in [0.717, 1.165) is 28.5 Å². The third-order valence-electron chi connectivity index (χ3n) is 3.08. The Bertz CT molecular complexity index is 720. The summed E-state index contributed by atoms with van der Waals surface area (Å²) in [5.74, 6) is 1.60. The first-order chi connectivity index (χ1) is 10.2. The van der Waals surface area contributed by atoms with E-state index in [-0.39, 0.29) is 0 Å². The highest BCUT2D eigenvalue weighted by Gasteiger charge is 2.02. The van der Waals surface area contributed by atoms with E-state index in [0.29, 0.717) is 5.15 Å². The molecule has 2 N–H and O–H groups in total. The third-order valence-corrected chi connectivity index (χ3v) is 3.27. The molecule has 1 heterocycles. The van der Waals surface area contributed by atoms with E-state index in [2.05, 4.69) is 15.3 Å². The Balaban J connectivity index is 1.74. The Morgan fingerprint density at radius 1 is 1.00 bits per heavy atom. The number of imidazole rings is 1. The first kappa shape index (κ1) is 13.5. The zero-order chi connectivity index (χ0) is 14.7. The molecule has 4 nitrogen and oxygen atoms in total. The first-order valence-electron chi connectivity index (χ1n) is 6.46. The summed E-state index contributed by atoms with van der Waals surface area (Å²) in [6, 6.07) is 15.7. The topological polar surface area (TPSA) is 49.9 Å². The molecular formula is C16H14ClN3O. The van der Waals surface area contributed by atoms with Crippen molar-refractivity contribution in [3.05, 3.63) is 59.9 Å². The van der Waals surface area contributed by atoms with Crippen molar-refractivity contribution in [2.45, 2.75) is 0 Å². The number of halogens is 1. The number of rotatable bonds is 4. The van der Waals surface area contributed by atoms with Crippen molar-refractivity contribution in [1.29, 1.82) is 0 Å². The average molecular weight is 300 g/mol. The SMILES string of the molecule is COc1ccc(Nc2ccc(-c3ncc(Cl)[nH]3)cc2)cc1. The maximum atomic E-state index is 5.83. The van der Waals surface area contributed by atoms with Gasteiger partial charge in [-0.2, -0.15) is 0 Å². The Hall–Kier alpha value is -2.46. The Morgan fingerprint density at radius 3 is 2.14 bits per heavy atom. The van der Waals surface area contributed by atoms with Crippen LogP contribution in [-0.4, -0.2) is 17.1 Å². The normalized spacial score (nSPS) is 10.4. The molecule has 0 radical (unpaired) electrons. The number of aromatic amines is 1. The fourth-order valence-electron chi connectivity index (χ4n) is 2.00. The third kappa shape index (κ3) is 3.17. The average Bonchev–Trinajstić information content (AvgIpc) is 2.95. The van der Waals surface area contributed by atoms with Gasteiger partial charge >= 0.3 is 0 Å². The molecule has 0 fully saturated rings. The van der Waals surface area contributed by atoms with Gasteiger partial charge in [-0.25, -0.2) is 4.98 Å². The van der Waals surface area contributed by atoms with E-state index in [9.17, 15) is 0 Å². The predicted octanol–water partition coefficient (Wildman–Crippen LogP) is 4.48. The summed E-state index contributed by atoms with van der Waals surface area (Å²) in [7, 11) is 1.65. The fraction of sp³-hybridized carbons (Fsp3) is 0.0625. The van der Waals surface area contributed by atoms with Gasteiger partial charge in [-0.1, -0.05) is 11.6 Å². The molecule has 0 bridgehead atoms. The molecule has 0 saturated heterocycles. The molecule has 2 aromatic carbocycles. The number of ether oxygens (including phenoxy) is 1. The lowest BCUT2D eigenvalue weighted by molar-refractivity contribution is 0.415. The molecule has 3 aromatic rings. The molecule has 1 aromatic heterocycles. The number of methoxy groups -OCH3 is 1. The number of aromatic nitrogens is 2. The van der Waals surface area contributed by atoms with E-state index in [1.807, 2.05) is 48.5 Å². The summed E-state index contributed by atoms with van der Waals surface area (Å²) < 4.78 is 5.14. The quantitative estimate of drug-likeness (QED) is 0.746. The summed E-state index contributed by atoms with van der Waals surface area (Å²) in [6.45, 7) is 0. The van der Waals surface area contributed by atoms with Crippen molar-refractivity contribution in [3.8, 4) is 17.1 Å². The van der Waals surface area contributed by atoms with Crippen LogP contribution < -0.4 is 10.1 Å². The molecule has 3 rings (SSSR count). The van der Waals surface area contributed by atoms with Crippen LogP contribution >= 0.6 is 11.6 Å². The van der Waals surface area contributed by atoms with Gasteiger partial charge in [0.2, 0.25) is 0 Å². The van der Waals surface area contributed by atoms with Gasteiger partial charge in [0, 0.05) is 16.9 Å². The van der Waals surface area contributed by atoms with Gasteiger partial charge in [0.15, 0.2) is 0 Å². The van der Waals surface area contributed by atoms with Crippen molar-refractivity contribution in [2.75, 3.05) is 12.4 Å². The van der Waals surface area contributed by atoms with E-state index in [1.165, 1.54) is 0 Å². The van der Waals surface area contributed by atoms with E-state index >= 15 is 0 Å². The number of anilines is 2. The Labute approximate surface area is 127 Å². The van der Waals surface area contributed by atoms with Gasteiger partial charge in [0.1, 0.15) is 16.7 Å². The Kier molecular flexibility index (Phi) is 3.79. The van der Waals surface area contributed by atoms with Gasteiger partial charge in [0.05, 0.1) is 13.3 Å². The lowest BCUT2D eigenvalue weighted by atomic mass is 10.2. The summed E-state index contributed by atoms with van der Waals surface area (Å²) in [4.78, 5) is 7.19. The highest BCUT2D eigenvalue weighted by molar-refractivity contribution is 6.29. The van der Waals surface area contributed by atoms with Gasteiger partial charge in [-0.15, -0.1) is 0 Å². The second-order valence-corrected chi connectivity index (χ2v) is 4.92. The molecule has 0 amide bonds. The highest BCUT2D eigenvalue weighted by Crippen LogP contribution is 2.23. The molecule has 0 aliphatic rings. The minimum absolute atomic E-state index is 0.533. The number of nitrogens with one attached hydrogen (secondary N) is 2. The van der Waals surface area contributed by atoms with Crippen LogP contribution in [0.4, 0.5) is 11.4 Å². The monoisotopic (exact) mass is 299 g/mol. The molecule has 5 heteroatoms. The van der Waals surface area contributed by atoms with E-state index in [1.54, 1.807) is 13.3 Å². The van der Waals surface area contributed by atoms with Crippen molar-refractivity contribution in [1.82, 2.24) is 9.97 Å². The number of hydrogen-bond donors (Lipinski definition) is 2. The molecule has 0 spiro atoms. The Morgan fingerprint density at radius 2 is 1.62 bits per heavy atom. The predicted molar refractivity (Wildman–Crippen MR) is 85.3 cm³/mol. The molecule has 21 heavy (non-hydrogen) atoms. The maximum Gasteiger partial charge on any atom is 0.138 e. The van der Waals surface area contributed by atoms with Crippen LogP contribution in [0.2, 0.25) is 5.15 Å². The molecular weight excluding hydrogens is 286 g/mol. The minimum Gasteiger partial charge on any atom is -0.497 e. The van der Waals surface area contributed by atoms with Gasteiger partial charge in [-0.3, -0.25) is 0 Å². The number of H-pyrrole nitrogens is 1. The molecule has 106 valence electrons. The molecule has 0 aliphatic carbocycles.